The Morgan fingerprint density at radius 3 is 1.28 bits per heavy atom. The molecule has 0 heterocycles. The summed E-state index contributed by atoms with van der Waals surface area (Å²) in [5.74, 6) is 2.13. The average molecular weight is 603 g/mol. The third-order valence-corrected chi connectivity index (χ3v) is 21.0. The maximum atomic E-state index is 5.96. The van der Waals surface area contributed by atoms with Crippen molar-refractivity contribution < 1.29 is 26.6 Å². The highest BCUT2D eigenvalue weighted by molar-refractivity contribution is 9.41. The van der Waals surface area contributed by atoms with Crippen LogP contribution in [0.1, 0.15) is 53.4 Å². The molecule has 0 aliphatic heterocycles. The SMILES string of the molecule is CCCO[Si](CCCSSSSSSCCC[Si](OC)(OCC)OCCC)(OC)OCC. The largest absolute Gasteiger partial charge is 0.500 e. The molecule has 0 aromatic heterocycles. The Labute approximate surface area is 221 Å². The summed E-state index contributed by atoms with van der Waals surface area (Å²) in [7, 11) is 9.54. The fraction of sp³-hybridized carbons (Fsp3) is 1.00. The lowest BCUT2D eigenvalue weighted by Crippen LogP contribution is -2.45. The van der Waals surface area contributed by atoms with Gasteiger partial charge in [0.15, 0.2) is 0 Å². The van der Waals surface area contributed by atoms with Gasteiger partial charge in [-0.05, 0) is 78.8 Å². The summed E-state index contributed by atoms with van der Waals surface area (Å²) in [6.07, 6.45) is 4.04. The van der Waals surface area contributed by atoms with Crippen molar-refractivity contribution in [3.63, 3.8) is 0 Å². The molecule has 0 aliphatic carbocycles. The first kappa shape index (κ1) is 34.3. The number of hydrogen-bond acceptors (Lipinski definition) is 12. The molecule has 0 aromatic carbocycles. The molecule has 0 radical (unpaired) electrons. The van der Waals surface area contributed by atoms with Crippen LogP contribution in [0.5, 0.6) is 0 Å². The first-order valence-corrected chi connectivity index (χ1v) is 22.8. The number of hydrogen-bond donors (Lipinski definition) is 0. The molecule has 2 unspecified atom stereocenters. The third kappa shape index (κ3) is 16.9. The standard InChI is InChI=1S/C18H42O6S6Si2/c1-7-13-23-31(19-5,21-9-3)17-11-15-25-27-29-30-28-26-16-12-18-32(20-6,22-10-4)24-14-8-2/h7-18H2,1-6H3. The van der Waals surface area contributed by atoms with E-state index >= 15 is 0 Å². The molecule has 14 heteroatoms. The van der Waals surface area contributed by atoms with Gasteiger partial charge in [0.05, 0.1) is 0 Å². The third-order valence-electron chi connectivity index (χ3n) is 4.00. The van der Waals surface area contributed by atoms with Crippen LogP contribution in [0.2, 0.25) is 12.1 Å². The predicted octanol–water partition coefficient (Wildman–Crippen LogP) is 7.84. The number of rotatable bonds is 25. The zero-order chi connectivity index (χ0) is 24.0. The molecule has 0 fully saturated rings. The lowest BCUT2D eigenvalue weighted by molar-refractivity contribution is 0.0812. The van der Waals surface area contributed by atoms with Crippen molar-refractivity contribution in [3.8, 4) is 0 Å². The van der Waals surface area contributed by atoms with E-state index < -0.39 is 17.6 Å². The van der Waals surface area contributed by atoms with Crippen LogP contribution in [0.4, 0.5) is 0 Å². The zero-order valence-electron chi connectivity index (χ0n) is 20.4. The molecule has 0 bridgehead atoms. The van der Waals surface area contributed by atoms with Crippen molar-refractivity contribution in [2.75, 3.05) is 52.2 Å². The van der Waals surface area contributed by atoms with E-state index in [1.165, 1.54) is 0 Å². The van der Waals surface area contributed by atoms with Crippen LogP contribution >= 0.6 is 60.9 Å². The Hall–Kier alpha value is 2.29. The summed E-state index contributed by atoms with van der Waals surface area (Å²) in [6, 6.07) is 1.76. The molecule has 0 saturated heterocycles. The van der Waals surface area contributed by atoms with Crippen molar-refractivity contribution in [2.24, 2.45) is 0 Å². The molecular weight excluding hydrogens is 561 g/mol. The highest BCUT2D eigenvalue weighted by Gasteiger charge is 2.39. The molecule has 0 saturated carbocycles. The minimum Gasteiger partial charge on any atom is -0.377 e. The summed E-state index contributed by atoms with van der Waals surface area (Å²) in [6.45, 7) is 10.9. The fourth-order valence-electron chi connectivity index (χ4n) is 2.59. The van der Waals surface area contributed by atoms with Crippen LogP contribution in [-0.2, 0) is 26.6 Å². The van der Waals surface area contributed by atoms with Crippen molar-refractivity contribution >= 4 is 78.5 Å². The van der Waals surface area contributed by atoms with Gasteiger partial charge in [-0.25, -0.2) is 0 Å². The second kappa shape index (κ2) is 23.7. The van der Waals surface area contributed by atoms with Crippen molar-refractivity contribution in [3.05, 3.63) is 0 Å². The van der Waals surface area contributed by atoms with Crippen molar-refractivity contribution in [1.29, 1.82) is 0 Å². The van der Waals surface area contributed by atoms with Gasteiger partial charge in [0, 0.05) is 64.2 Å². The van der Waals surface area contributed by atoms with Crippen molar-refractivity contribution in [2.45, 2.75) is 65.5 Å². The van der Waals surface area contributed by atoms with Gasteiger partial charge in [-0.3, -0.25) is 0 Å². The van der Waals surface area contributed by atoms with E-state index in [-0.39, 0.29) is 0 Å². The van der Waals surface area contributed by atoms with Crippen LogP contribution < -0.4 is 0 Å². The van der Waals surface area contributed by atoms with E-state index in [2.05, 4.69) is 13.8 Å². The normalized spacial score (nSPS) is 15.6. The van der Waals surface area contributed by atoms with Crippen molar-refractivity contribution in [1.82, 2.24) is 0 Å². The molecular formula is C18H42O6S6Si2. The molecule has 0 aromatic rings. The molecule has 194 valence electrons. The molecule has 6 nitrogen and oxygen atoms in total. The fourth-order valence-corrected chi connectivity index (χ4v) is 19.5. The van der Waals surface area contributed by atoms with Crippen LogP contribution in [0.3, 0.4) is 0 Å². The van der Waals surface area contributed by atoms with Gasteiger partial charge in [-0.1, -0.05) is 35.4 Å². The van der Waals surface area contributed by atoms with Gasteiger partial charge in [0.25, 0.3) is 0 Å². The van der Waals surface area contributed by atoms with Crippen LogP contribution in [0.15, 0.2) is 0 Å². The molecule has 0 rings (SSSR count). The first-order valence-electron chi connectivity index (χ1n) is 11.1. The molecule has 0 amide bonds. The molecule has 2 atom stereocenters. The zero-order valence-corrected chi connectivity index (χ0v) is 27.3. The highest BCUT2D eigenvalue weighted by Crippen LogP contribution is 2.52. The topological polar surface area (TPSA) is 55.4 Å². The van der Waals surface area contributed by atoms with E-state index in [9.17, 15) is 0 Å². The molecule has 0 aliphatic rings. The summed E-state index contributed by atoms with van der Waals surface area (Å²) < 4.78 is 35.0. The van der Waals surface area contributed by atoms with Gasteiger partial charge in [0.2, 0.25) is 0 Å². The smallest absolute Gasteiger partial charge is 0.377 e. The van der Waals surface area contributed by atoms with E-state index in [1.807, 2.05) is 74.7 Å². The van der Waals surface area contributed by atoms with Gasteiger partial charge in [-0.2, -0.15) is 0 Å². The highest BCUT2D eigenvalue weighted by atomic mass is 33.9. The van der Waals surface area contributed by atoms with E-state index in [4.69, 9.17) is 26.6 Å². The lowest BCUT2D eigenvalue weighted by Gasteiger charge is -2.27. The molecule has 32 heavy (non-hydrogen) atoms. The Kier molecular flexibility index (Phi) is 25.4. The van der Waals surface area contributed by atoms with Gasteiger partial charge in [0.1, 0.15) is 0 Å². The maximum Gasteiger partial charge on any atom is 0.500 e. The summed E-state index contributed by atoms with van der Waals surface area (Å²) in [5.41, 5.74) is 0. The van der Waals surface area contributed by atoms with Gasteiger partial charge < -0.3 is 26.6 Å². The maximum absolute atomic E-state index is 5.96. The average Bonchev–Trinajstić information content (AvgIpc) is 2.81. The van der Waals surface area contributed by atoms with Crippen LogP contribution in [0, 0.1) is 0 Å². The second-order valence-electron chi connectivity index (χ2n) is 6.46. The van der Waals surface area contributed by atoms with E-state index in [0.29, 0.717) is 26.4 Å². The van der Waals surface area contributed by atoms with Gasteiger partial charge >= 0.3 is 17.6 Å². The second-order valence-corrected chi connectivity index (χ2v) is 21.9. The Balaban J connectivity index is 3.81. The molecule has 0 spiro atoms. The Bertz CT molecular complexity index is 388. The predicted molar refractivity (Wildman–Crippen MR) is 155 cm³/mol. The Morgan fingerprint density at radius 2 is 0.969 bits per heavy atom. The summed E-state index contributed by atoms with van der Waals surface area (Å²) in [5, 5.41) is 0. The minimum absolute atomic E-state index is 0.638. The van der Waals surface area contributed by atoms with Crippen LogP contribution in [0.25, 0.3) is 0 Å². The summed E-state index contributed by atoms with van der Waals surface area (Å²) in [4.78, 5) is 0. The first-order chi connectivity index (χ1) is 15.6. The lowest BCUT2D eigenvalue weighted by atomic mass is 10.5. The van der Waals surface area contributed by atoms with Gasteiger partial charge in [-0.15, -0.1) is 0 Å². The molecule has 0 N–H and O–H groups in total. The quantitative estimate of drug-likeness (QED) is 0.0581. The minimum atomic E-state index is -2.48. The summed E-state index contributed by atoms with van der Waals surface area (Å²) >= 11 is 0. The monoisotopic (exact) mass is 602 g/mol. The van der Waals surface area contributed by atoms with E-state index in [1.54, 1.807) is 14.2 Å². The van der Waals surface area contributed by atoms with E-state index in [0.717, 1.165) is 49.3 Å². The van der Waals surface area contributed by atoms with Crippen LogP contribution in [-0.4, -0.2) is 69.8 Å². The Morgan fingerprint density at radius 1 is 0.562 bits per heavy atom.